The molecule has 1 aliphatic rings. The zero-order valence-electron chi connectivity index (χ0n) is 17.9. The standard InChI is InChI=1S/C23H27N5O2S/c1-3-30-20-9-7-19(8-10-20)28-22(18-11-13-24-14-12-18)25-26-23(28)31-16-21(29)27-15-5-4-6-17(27)2/h7-14,17H,3-6,15-16H2,1-2H3/t17-/m0/s1. The Balaban J connectivity index is 1.61. The maximum atomic E-state index is 12.8. The molecule has 0 unspecified atom stereocenters. The van der Waals surface area contributed by atoms with Crippen molar-refractivity contribution in [3.63, 3.8) is 0 Å². The van der Waals surface area contributed by atoms with Crippen LogP contribution in [-0.2, 0) is 4.79 Å². The largest absolute Gasteiger partial charge is 0.494 e. The lowest BCUT2D eigenvalue weighted by atomic mass is 10.0. The Hall–Kier alpha value is -2.87. The van der Waals surface area contributed by atoms with E-state index in [4.69, 9.17) is 4.74 Å². The number of thioether (sulfide) groups is 1. The average molecular weight is 438 g/mol. The van der Waals surface area contributed by atoms with Gasteiger partial charge in [-0.2, -0.15) is 0 Å². The molecule has 2 aromatic heterocycles. The molecule has 162 valence electrons. The van der Waals surface area contributed by atoms with Crippen molar-refractivity contribution in [2.75, 3.05) is 18.9 Å². The van der Waals surface area contributed by atoms with Crippen LogP contribution in [0.1, 0.15) is 33.1 Å². The number of carbonyl (C=O) groups excluding carboxylic acids is 1. The van der Waals surface area contributed by atoms with Crippen LogP contribution in [0.5, 0.6) is 5.75 Å². The van der Waals surface area contributed by atoms with E-state index < -0.39 is 0 Å². The number of amides is 1. The number of piperidine rings is 1. The fraction of sp³-hybridized carbons (Fsp3) is 0.391. The van der Waals surface area contributed by atoms with Gasteiger partial charge in [0.2, 0.25) is 5.91 Å². The second-order valence-electron chi connectivity index (χ2n) is 7.53. The van der Waals surface area contributed by atoms with Crippen LogP contribution in [0.25, 0.3) is 17.1 Å². The van der Waals surface area contributed by atoms with Crippen LogP contribution >= 0.6 is 11.8 Å². The molecule has 0 N–H and O–H groups in total. The third-order valence-electron chi connectivity index (χ3n) is 5.43. The van der Waals surface area contributed by atoms with Crippen LogP contribution in [0.2, 0.25) is 0 Å². The van der Waals surface area contributed by atoms with Gasteiger partial charge in [-0.3, -0.25) is 14.3 Å². The van der Waals surface area contributed by atoms with E-state index in [-0.39, 0.29) is 5.91 Å². The van der Waals surface area contributed by atoms with Gasteiger partial charge in [0.1, 0.15) is 5.75 Å². The number of carbonyl (C=O) groups is 1. The highest BCUT2D eigenvalue weighted by atomic mass is 32.2. The summed E-state index contributed by atoms with van der Waals surface area (Å²) in [4.78, 5) is 18.9. The van der Waals surface area contributed by atoms with Crippen molar-refractivity contribution in [3.05, 3.63) is 48.8 Å². The number of rotatable bonds is 7. The van der Waals surface area contributed by atoms with Crippen molar-refractivity contribution in [2.24, 2.45) is 0 Å². The lowest BCUT2D eigenvalue weighted by Crippen LogP contribution is -2.42. The number of nitrogens with zero attached hydrogens (tertiary/aromatic N) is 5. The van der Waals surface area contributed by atoms with E-state index in [0.29, 0.717) is 29.4 Å². The molecule has 1 aromatic carbocycles. The minimum absolute atomic E-state index is 0.156. The molecule has 1 atom stereocenters. The van der Waals surface area contributed by atoms with Crippen molar-refractivity contribution in [3.8, 4) is 22.8 Å². The van der Waals surface area contributed by atoms with Gasteiger partial charge in [-0.25, -0.2) is 0 Å². The Morgan fingerprint density at radius 3 is 2.61 bits per heavy atom. The Kier molecular flexibility index (Phi) is 6.86. The minimum atomic E-state index is 0.156. The van der Waals surface area contributed by atoms with Gasteiger partial charge >= 0.3 is 0 Å². The van der Waals surface area contributed by atoms with Crippen molar-refractivity contribution < 1.29 is 9.53 Å². The lowest BCUT2D eigenvalue weighted by molar-refractivity contribution is -0.131. The third-order valence-corrected chi connectivity index (χ3v) is 6.34. The van der Waals surface area contributed by atoms with Crippen LogP contribution in [0.15, 0.2) is 53.9 Å². The zero-order chi connectivity index (χ0) is 21.6. The fourth-order valence-corrected chi connectivity index (χ4v) is 4.66. The van der Waals surface area contributed by atoms with Gasteiger partial charge in [0, 0.05) is 36.2 Å². The molecular formula is C23H27N5O2S. The number of pyridine rings is 1. The summed E-state index contributed by atoms with van der Waals surface area (Å²) < 4.78 is 7.56. The van der Waals surface area contributed by atoms with Gasteiger partial charge in [-0.05, 0) is 69.5 Å². The smallest absolute Gasteiger partial charge is 0.233 e. The van der Waals surface area contributed by atoms with Crippen LogP contribution in [0, 0.1) is 0 Å². The summed E-state index contributed by atoms with van der Waals surface area (Å²) >= 11 is 1.43. The topological polar surface area (TPSA) is 73.1 Å². The van der Waals surface area contributed by atoms with Crippen molar-refractivity contribution in [1.29, 1.82) is 0 Å². The summed E-state index contributed by atoms with van der Waals surface area (Å²) in [7, 11) is 0. The number of hydrogen-bond donors (Lipinski definition) is 0. The second-order valence-corrected chi connectivity index (χ2v) is 8.47. The van der Waals surface area contributed by atoms with E-state index in [0.717, 1.165) is 36.4 Å². The zero-order valence-corrected chi connectivity index (χ0v) is 18.7. The van der Waals surface area contributed by atoms with Gasteiger partial charge in [-0.1, -0.05) is 11.8 Å². The second kappa shape index (κ2) is 9.96. The first-order valence-electron chi connectivity index (χ1n) is 10.7. The van der Waals surface area contributed by atoms with E-state index in [9.17, 15) is 4.79 Å². The van der Waals surface area contributed by atoms with Crippen LogP contribution < -0.4 is 4.74 Å². The number of aromatic nitrogens is 4. The predicted octanol–water partition coefficient (Wildman–Crippen LogP) is 4.22. The molecule has 31 heavy (non-hydrogen) atoms. The summed E-state index contributed by atoms with van der Waals surface area (Å²) in [5.41, 5.74) is 1.83. The molecule has 1 saturated heterocycles. The third kappa shape index (κ3) is 4.90. The maximum Gasteiger partial charge on any atom is 0.233 e. The first kappa shape index (κ1) is 21.4. The molecule has 1 fully saturated rings. The number of likely N-dealkylation sites (tertiary alicyclic amines) is 1. The van der Waals surface area contributed by atoms with Crippen LogP contribution in [0.3, 0.4) is 0 Å². The van der Waals surface area contributed by atoms with Crippen molar-refractivity contribution in [1.82, 2.24) is 24.6 Å². The van der Waals surface area contributed by atoms with Crippen molar-refractivity contribution in [2.45, 2.75) is 44.3 Å². The summed E-state index contributed by atoms with van der Waals surface area (Å²) in [6, 6.07) is 12.0. The van der Waals surface area contributed by atoms with Gasteiger partial charge < -0.3 is 9.64 Å². The molecule has 3 heterocycles. The predicted molar refractivity (Wildman–Crippen MR) is 122 cm³/mol. The molecule has 0 aliphatic carbocycles. The molecule has 1 amide bonds. The summed E-state index contributed by atoms with van der Waals surface area (Å²) in [5, 5.41) is 9.54. The highest BCUT2D eigenvalue weighted by molar-refractivity contribution is 7.99. The molecule has 1 aliphatic heterocycles. The quantitative estimate of drug-likeness (QED) is 0.515. The summed E-state index contributed by atoms with van der Waals surface area (Å²) in [6.45, 7) is 5.55. The normalized spacial score (nSPS) is 16.3. The molecule has 3 aromatic rings. The monoisotopic (exact) mass is 437 g/mol. The lowest BCUT2D eigenvalue weighted by Gasteiger charge is -2.33. The molecule has 0 spiro atoms. The van der Waals surface area contributed by atoms with E-state index in [2.05, 4.69) is 22.1 Å². The molecule has 0 saturated carbocycles. The van der Waals surface area contributed by atoms with Gasteiger partial charge in [0.25, 0.3) is 0 Å². The number of benzene rings is 1. The van der Waals surface area contributed by atoms with Gasteiger partial charge in [0.05, 0.1) is 12.4 Å². The number of hydrogen-bond acceptors (Lipinski definition) is 6. The Bertz CT molecular complexity index is 1010. The average Bonchev–Trinajstić information content (AvgIpc) is 3.23. The molecule has 8 heteroatoms. The Morgan fingerprint density at radius 1 is 1.13 bits per heavy atom. The number of ether oxygens (including phenoxy) is 1. The van der Waals surface area contributed by atoms with E-state index >= 15 is 0 Å². The van der Waals surface area contributed by atoms with Crippen LogP contribution in [-0.4, -0.2) is 55.5 Å². The highest BCUT2D eigenvalue weighted by Crippen LogP contribution is 2.29. The van der Waals surface area contributed by atoms with Crippen LogP contribution in [0.4, 0.5) is 0 Å². The Labute approximate surface area is 186 Å². The first-order chi connectivity index (χ1) is 15.2. The Morgan fingerprint density at radius 2 is 1.90 bits per heavy atom. The maximum absolute atomic E-state index is 12.8. The van der Waals surface area contributed by atoms with Gasteiger partial charge in [0.15, 0.2) is 11.0 Å². The van der Waals surface area contributed by atoms with E-state index in [1.807, 2.05) is 52.8 Å². The van der Waals surface area contributed by atoms with E-state index in [1.54, 1.807) is 12.4 Å². The molecular weight excluding hydrogens is 410 g/mol. The molecule has 4 rings (SSSR count). The molecule has 0 radical (unpaired) electrons. The van der Waals surface area contributed by atoms with Crippen molar-refractivity contribution >= 4 is 17.7 Å². The fourth-order valence-electron chi connectivity index (χ4n) is 3.82. The SMILES string of the molecule is CCOc1ccc(-n2c(SCC(=O)N3CCCC[C@@H]3C)nnc2-c2ccncc2)cc1. The summed E-state index contributed by atoms with van der Waals surface area (Å²) in [6.07, 6.45) is 6.82. The minimum Gasteiger partial charge on any atom is -0.494 e. The highest BCUT2D eigenvalue weighted by Gasteiger charge is 2.24. The summed E-state index contributed by atoms with van der Waals surface area (Å²) in [5.74, 6) is 2.03. The van der Waals surface area contributed by atoms with E-state index in [1.165, 1.54) is 18.2 Å². The first-order valence-corrected chi connectivity index (χ1v) is 11.7. The molecule has 0 bridgehead atoms. The molecule has 7 nitrogen and oxygen atoms in total. The van der Waals surface area contributed by atoms with Gasteiger partial charge in [-0.15, -0.1) is 10.2 Å².